The lowest BCUT2D eigenvalue weighted by Gasteiger charge is -2.10. The number of benzene rings is 2. The van der Waals surface area contributed by atoms with E-state index in [2.05, 4.69) is 27.5 Å². The fraction of sp³-hybridized carbons (Fsp3) is 0.190. The monoisotopic (exact) mass is 380 g/mol. The van der Waals surface area contributed by atoms with Crippen LogP contribution >= 0.6 is 11.6 Å². The molecule has 3 rings (SSSR count). The van der Waals surface area contributed by atoms with Gasteiger partial charge in [-0.25, -0.2) is 9.97 Å². The van der Waals surface area contributed by atoms with Crippen LogP contribution in [0.4, 0.5) is 11.6 Å². The third-order valence-electron chi connectivity index (χ3n) is 4.22. The van der Waals surface area contributed by atoms with Gasteiger partial charge in [-0.2, -0.15) is 0 Å². The number of nitrogens with one attached hydrogen (secondary N) is 2. The molecule has 6 heteroatoms. The molecular formula is C21H21ClN4O. The summed E-state index contributed by atoms with van der Waals surface area (Å²) in [7, 11) is 0. The van der Waals surface area contributed by atoms with Crippen molar-refractivity contribution >= 4 is 29.1 Å². The number of aromatic nitrogens is 2. The highest BCUT2D eigenvalue weighted by atomic mass is 35.5. The molecule has 0 saturated carbocycles. The molecule has 0 unspecified atom stereocenters. The first-order valence-corrected chi connectivity index (χ1v) is 9.01. The van der Waals surface area contributed by atoms with E-state index in [-0.39, 0.29) is 5.91 Å². The summed E-state index contributed by atoms with van der Waals surface area (Å²) in [4.78, 5) is 21.2. The van der Waals surface area contributed by atoms with Crippen molar-refractivity contribution in [2.24, 2.45) is 0 Å². The quantitative estimate of drug-likeness (QED) is 0.671. The molecule has 0 spiro atoms. The van der Waals surface area contributed by atoms with Crippen LogP contribution < -0.4 is 10.6 Å². The van der Waals surface area contributed by atoms with Crippen LogP contribution in [-0.2, 0) is 6.54 Å². The number of hydrogen-bond acceptors (Lipinski definition) is 4. The summed E-state index contributed by atoms with van der Waals surface area (Å²) in [6.45, 7) is 6.35. The molecule has 0 bridgehead atoms. The number of halogens is 1. The zero-order valence-electron chi connectivity index (χ0n) is 15.5. The van der Waals surface area contributed by atoms with Crippen molar-refractivity contribution < 1.29 is 4.79 Å². The number of rotatable bonds is 5. The maximum Gasteiger partial charge on any atom is 0.270 e. The van der Waals surface area contributed by atoms with Gasteiger partial charge >= 0.3 is 0 Å². The molecule has 138 valence electrons. The number of hydrogen-bond donors (Lipinski definition) is 2. The lowest BCUT2D eigenvalue weighted by atomic mass is 10.1. The van der Waals surface area contributed by atoms with Gasteiger partial charge in [0.2, 0.25) is 5.95 Å². The fourth-order valence-electron chi connectivity index (χ4n) is 2.56. The van der Waals surface area contributed by atoms with Gasteiger partial charge in [-0.15, -0.1) is 0 Å². The average molecular weight is 381 g/mol. The Kier molecular flexibility index (Phi) is 5.72. The van der Waals surface area contributed by atoms with Crippen molar-refractivity contribution in [3.63, 3.8) is 0 Å². The van der Waals surface area contributed by atoms with Gasteiger partial charge in [0.1, 0.15) is 5.69 Å². The summed E-state index contributed by atoms with van der Waals surface area (Å²) in [5.41, 5.74) is 5.28. The Labute approximate surface area is 163 Å². The predicted molar refractivity (Wildman–Crippen MR) is 109 cm³/mol. The van der Waals surface area contributed by atoms with E-state index in [1.54, 1.807) is 18.2 Å². The van der Waals surface area contributed by atoms with Crippen LogP contribution in [0.1, 0.15) is 32.9 Å². The summed E-state index contributed by atoms with van der Waals surface area (Å²) in [5.74, 6) is 0.147. The first kappa shape index (κ1) is 18.9. The van der Waals surface area contributed by atoms with Crippen molar-refractivity contribution in [1.29, 1.82) is 0 Å². The summed E-state index contributed by atoms with van der Waals surface area (Å²) < 4.78 is 0. The molecule has 3 aromatic rings. The van der Waals surface area contributed by atoms with E-state index in [0.717, 1.165) is 11.3 Å². The van der Waals surface area contributed by atoms with Crippen molar-refractivity contribution in [1.82, 2.24) is 15.3 Å². The molecule has 2 aromatic carbocycles. The average Bonchev–Trinajstić information content (AvgIpc) is 2.63. The molecular weight excluding hydrogens is 360 g/mol. The third kappa shape index (κ3) is 5.05. The molecule has 0 atom stereocenters. The van der Waals surface area contributed by atoms with E-state index in [9.17, 15) is 4.79 Å². The van der Waals surface area contributed by atoms with E-state index >= 15 is 0 Å². The maximum absolute atomic E-state index is 12.5. The topological polar surface area (TPSA) is 66.9 Å². The van der Waals surface area contributed by atoms with Crippen molar-refractivity contribution in [2.45, 2.75) is 27.3 Å². The highest BCUT2D eigenvalue weighted by Crippen LogP contribution is 2.18. The minimum Gasteiger partial charge on any atom is -0.347 e. The van der Waals surface area contributed by atoms with E-state index < -0.39 is 0 Å². The highest BCUT2D eigenvalue weighted by Gasteiger charge is 2.11. The van der Waals surface area contributed by atoms with Crippen LogP contribution in [0.2, 0.25) is 5.02 Å². The minimum absolute atomic E-state index is 0.251. The third-order valence-corrected chi connectivity index (χ3v) is 4.47. The Morgan fingerprint density at radius 2 is 1.70 bits per heavy atom. The second-order valence-corrected chi connectivity index (χ2v) is 6.89. The lowest BCUT2D eigenvalue weighted by molar-refractivity contribution is 0.0945. The SMILES string of the molecule is Cc1cc(C(=O)NCc2ccc(Cl)cc2)nc(Nc2ccc(C)c(C)c2)n1. The lowest BCUT2D eigenvalue weighted by Crippen LogP contribution is -2.24. The number of aryl methyl sites for hydroxylation is 3. The number of anilines is 2. The van der Waals surface area contributed by atoms with Crippen LogP contribution in [0.15, 0.2) is 48.5 Å². The second-order valence-electron chi connectivity index (χ2n) is 6.45. The molecule has 0 fully saturated rings. The number of carbonyl (C=O) groups is 1. The van der Waals surface area contributed by atoms with Gasteiger partial charge in [0.05, 0.1) is 0 Å². The van der Waals surface area contributed by atoms with Gasteiger partial charge < -0.3 is 10.6 Å². The molecule has 0 aliphatic heterocycles. The van der Waals surface area contributed by atoms with Crippen molar-refractivity contribution in [3.8, 4) is 0 Å². The van der Waals surface area contributed by atoms with Gasteiger partial charge in [-0.1, -0.05) is 29.8 Å². The minimum atomic E-state index is -0.251. The van der Waals surface area contributed by atoms with Crippen LogP contribution in [0.3, 0.4) is 0 Å². The van der Waals surface area contributed by atoms with Gasteiger partial charge in [0.25, 0.3) is 5.91 Å². The number of carbonyl (C=O) groups excluding carboxylic acids is 1. The molecule has 2 N–H and O–H groups in total. The zero-order valence-corrected chi connectivity index (χ0v) is 16.3. The molecule has 0 aliphatic carbocycles. The largest absolute Gasteiger partial charge is 0.347 e. The summed E-state index contributed by atoms with van der Waals surface area (Å²) in [6.07, 6.45) is 0. The highest BCUT2D eigenvalue weighted by molar-refractivity contribution is 6.30. The Morgan fingerprint density at radius 1 is 0.963 bits per heavy atom. The molecule has 0 radical (unpaired) electrons. The molecule has 27 heavy (non-hydrogen) atoms. The fourth-order valence-corrected chi connectivity index (χ4v) is 2.69. The predicted octanol–water partition coefficient (Wildman–Crippen LogP) is 4.73. The van der Waals surface area contributed by atoms with Crippen LogP contribution in [0.25, 0.3) is 0 Å². The van der Waals surface area contributed by atoms with E-state index in [1.165, 1.54) is 11.1 Å². The number of nitrogens with zero attached hydrogens (tertiary/aromatic N) is 2. The zero-order chi connectivity index (χ0) is 19.4. The smallest absolute Gasteiger partial charge is 0.270 e. The molecule has 1 amide bonds. The normalized spacial score (nSPS) is 10.5. The first-order chi connectivity index (χ1) is 12.9. The standard InChI is InChI=1S/C21H21ClN4O/c1-13-4-9-18(10-14(13)2)25-21-24-15(3)11-19(26-21)20(27)23-12-16-5-7-17(22)8-6-16/h4-11H,12H2,1-3H3,(H,23,27)(H,24,25,26). The Balaban J connectivity index is 1.72. The first-order valence-electron chi connectivity index (χ1n) is 8.63. The van der Waals surface area contributed by atoms with E-state index in [1.807, 2.05) is 44.2 Å². The molecule has 0 aliphatic rings. The molecule has 5 nitrogen and oxygen atoms in total. The Hall–Kier alpha value is -2.92. The Bertz CT molecular complexity index is 970. The van der Waals surface area contributed by atoms with E-state index in [4.69, 9.17) is 11.6 Å². The van der Waals surface area contributed by atoms with Crippen LogP contribution in [-0.4, -0.2) is 15.9 Å². The Morgan fingerprint density at radius 3 is 2.41 bits per heavy atom. The molecule has 0 saturated heterocycles. The van der Waals surface area contributed by atoms with Gasteiger partial charge in [0, 0.05) is 22.9 Å². The number of amides is 1. The van der Waals surface area contributed by atoms with Crippen molar-refractivity contribution in [3.05, 3.63) is 81.6 Å². The molecule has 1 heterocycles. The van der Waals surface area contributed by atoms with Gasteiger partial charge in [-0.3, -0.25) is 4.79 Å². The van der Waals surface area contributed by atoms with Crippen LogP contribution in [0.5, 0.6) is 0 Å². The van der Waals surface area contributed by atoms with Gasteiger partial charge in [-0.05, 0) is 67.8 Å². The summed E-state index contributed by atoms with van der Waals surface area (Å²) >= 11 is 5.88. The second kappa shape index (κ2) is 8.18. The van der Waals surface area contributed by atoms with Crippen molar-refractivity contribution in [2.75, 3.05) is 5.32 Å². The summed E-state index contributed by atoms with van der Waals surface area (Å²) in [6, 6.07) is 15.0. The van der Waals surface area contributed by atoms with Crippen LogP contribution in [0, 0.1) is 20.8 Å². The van der Waals surface area contributed by atoms with Gasteiger partial charge in [0.15, 0.2) is 0 Å². The maximum atomic E-state index is 12.5. The van der Waals surface area contributed by atoms with E-state index in [0.29, 0.717) is 28.9 Å². The summed E-state index contributed by atoms with van der Waals surface area (Å²) in [5, 5.41) is 6.71. The molecule has 1 aromatic heterocycles.